The lowest BCUT2D eigenvalue weighted by atomic mass is 10.0. The van der Waals surface area contributed by atoms with Gasteiger partial charge in [0.05, 0.1) is 0 Å². The van der Waals surface area contributed by atoms with Crippen LogP contribution < -0.4 is 0 Å². The number of hydrogen-bond acceptors (Lipinski definition) is 6. The van der Waals surface area contributed by atoms with Crippen LogP contribution >= 0.6 is 0 Å². The van der Waals surface area contributed by atoms with Crippen molar-refractivity contribution in [1.29, 1.82) is 0 Å². The third kappa shape index (κ3) is 53.8. The molecule has 0 spiro atoms. The van der Waals surface area contributed by atoms with Gasteiger partial charge in [0.15, 0.2) is 6.10 Å². The normalized spacial score (nSPS) is 12.6. The molecule has 0 N–H and O–H groups in total. The predicted octanol–water partition coefficient (Wildman–Crippen LogP) is 19.4. The summed E-state index contributed by atoms with van der Waals surface area (Å²) in [6.07, 6.45) is 71.9. The summed E-state index contributed by atoms with van der Waals surface area (Å²) >= 11 is 0. The molecule has 68 heavy (non-hydrogen) atoms. The Hall–Kier alpha value is -3.15. The van der Waals surface area contributed by atoms with Crippen molar-refractivity contribution in [3.8, 4) is 0 Å². The van der Waals surface area contributed by atoms with Crippen LogP contribution in [0.4, 0.5) is 0 Å². The summed E-state index contributed by atoms with van der Waals surface area (Å²) in [4.78, 5) is 38.1. The first-order chi connectivity index (χ1) is 33.5. The van der Waals surface area contributed by atoms with Gasteiger partial charge in [-0.25, -0.2) is 0 Å². The minimum absolute atomic E-state index is 0.0947. The van der Waals surface area contributed by atoms with E-state index >= 15 is 0 Å². The molecule has 0 heterocycles. The van der Waals surface area contributed by atoms with Crippen LogP contribution in [0.25, 0.3) is 0 Å². The van der Waals surface area contributed by atoms with Crippen molar-refractivity contribution in [3.05, 3.63) is 72.9 Å². The van der Waals surface area contributed by atoms with Gasteiger partial charge in [-0.1, -0.05) is 280 Å². The lowest BCUT2D eigenvalue weighted by molar-refractivity contribution is -0.166. The summed E-state index contributed by atoms with van der Waals surface area (Å²) < 4.78 is 16.8. The molecule has 0 aromatic rings. The topological polar surface area (TPSA) is 78.9 Å². The van der Waals surface area contributed by atoms with Crippen LogP contribution in [0.15, 0.2) is 72.9 Å². The van der Waals surface area contributed by atoms with Crippen molar-refractivity contribution in [2.24, 2.45) is 0 Å². The molecule has 1 unspecified atom stereocenters. The molecule has 0 aromatic heterocycles. The lowest BCUT2D eigenvalue weighted by Crippen LogP contribution is -2.30. The van der Waals surface area contributed by atoms with Crippen molar-refractivity contribution < 1.29 is 28.6 Å². The molecule has 0 aliphatic rings. The van der Waals surface area contributed by atoms with E-state index in [1.807, 2.05) is 6.08 Å². The Kier molecular flexibility index (Phi) is 53.8. The van der Waals surface area contributed by atoms with E-state index in [-0.39, 0.29) is 37.5 Å². The number of esters is 3. The minimum Gasteiger partial charge on any atom is -0.462 e. The Bertz CT molecular complexity index is 1270. The van der Waals surface area contributed by atoms with Gasteiger partial charge in [0, 0.05) is 19.3 Å². The molecule has 0 saturated carbocycles. The number of ether oxygens (including phenoxy) is 3. The van der Waals surface area contributed by atoms with Crippen LogP contribution in [0.3, 0.4) is 0 Å². The van der Waals surface area contributed by atoms with E-state index in [2.05, 4.69) is 87.6 Å². The predicted molar refractivity (Wildman–Crippen MR) is 293 cm³/mol. The highest BCUT2D eigenvalue weighted by atomic mass is 16.6. The molecular weight excluding hydrogens is 841 g/mol. The smallest absolute Gasteiger partial charge is 0.306 e. The number of rotatable bonds is 52. The van der Waals surface area contributed by atoms with Crippen LogP contribution in [-0.4, -0.2) is 37.2 Å². The third-order valence-electron chi connectivity index (χ3n) is 12.5. The molecule has 0 rings (SSSR count). The fourth-order valence-corrected chi connectivity index (χ4v) is 8.18. The van der Waals surface area contributed by atoms with Crippen molar-refractivity contribution in [2.45, 2.75) is 290 Å². The molecule has 392 valence electrons. The zero-order chi connectivity index (χ0) is 49.3. The highest BCUT2D eigenvalue weighted by molar-refractivity contribution is 5.71. The highest BCUT2D eigenvalue weighted by Gasteiger charge is 2.19. The summed E-state index contributed by atoms with van der Waals surface area (Å²) in [7, 11) is 0. The van der Waals surface area contributed by atoms with Crippen molar-refractivity contribution in [1.82, 2.24) is 0 Å². The van der Waals surface area contributed by atoms with Gasteiger partial charge < -0.3 is 14.2 Å². The quantitative estimate of drug-likeness (QED) is 0.0262. The van der Waals surface area contributed by atoms with Gasteiger partial charge in [0.1, 0.15) is 13.2 Å². The first-order valence-electron chi connectivity index (χ1n) is 28.9. The Balaban J connectivity index is 4.45. The van der Waals surface area contributed by atoms with E-state index in [0.717, 1.165) is 77.0 Å². The molecule has 0 aliphatic carbocycles. The van der Waals surface area contributed by atoms with E-state index in [0.29, 0.717) is 19.3 Å². The second kappa shape index (κ2) is 56.4. The van der Waals surface area contributed by atoms with Crippen molar-refractivity contribution >= 4 is 17.9 Å². The van der Waals surface area contributed by atoms with Gasteiger partial charge in [0.25, 0.3) is 0 Å². The average Bonchev–Trinajstić information content (AvgIpc) is 3.34. The molecule has 1 atom stereocenters. The van der Waals surface area contributed by atoms with Crippen LogP contribution in [0.5, 0.6) is 0 Å². The molecule has 6 nitrogen and oxygen atoms in total. The zero-order valence-electron chi connectivity index (χ0n) is 44.9. The summed E-state index contributed by atoms with van der Waals surface area (Å²) in [5.74, 6) is -0.970. The maximum absolute atomic E-state index is 12.9. The standard InChI is InChI=1S/C62H108O6/c1-4-7-10-13-16-19-22-25-27-29-31-33-34-37-40-43-46-49-52-55-61(64)67-58-59(57-66-60(63)54-51-48-45-42-39-36-24-21-18-15-12-9-6-3)68-62(65)56-53-50-47-44-41-38-35-32-30-28-26-23-20-17-14-11-8-5-2/h7,10,16,19,25,27,31,33,37,40,46,49,59H,4-6,8-9,11-15,17-18,20-24,26,28-30,32,34-36,38-39,41-45,47-48,50-58H2,1-3H3/b10-7-,19-16-,27-25-,33-31-,40-37-,49-46-. The van der Waals surface area contributed by atoms with E-state index in [1.54, 1.807) is 0 Å². The summed E-state index contributed by atoms with van der Waals surface area (Å²) in [5, 5.41) is 0. The lowest BCUT2D eigenvalue weighted by Gasteiger charge is -2.18. The number of carbonyl (C=O) groups excluding carboxylic acids is 3. The van der Waals surface area contributed by atoms with Crippen molar-refractivity contribution in [3.63, 3.8) is 0 Å². The maximum Gasteiger partial charge on any atom is 0.306 e. The number of unbranched alkanes of at least 4 members (excludes halogenated alkanes) is 29. The SMILES string of the molecule is CC/C=C\C/C=C\C/C=C\C/C=C\C/C=C\C/C=C\CCC(=O)OCC(COC(=O)CCCCCCCCCCCCCCC)OC(=O)CCCCCCCCCCCCCCCCCCCC. The van der Waals surface area contributed by atoms with E-state index in [1.165, 1.54) is 161 Å². The molecule has 0 radical (unpaired) electrons. The number of hydrogen-bond donors (Lipinski definition) is 0. The molecule has 0 fully saturated rings. The Morgan fingerprint density at radius 1 is 0.309 bits per heavy atom. The number of allylic oxidation sites excluding steroid dienone is 12. The molecule has 0 saturated heterocycles. The maximum atomic E-state index is 12.9. The third-order valence-corrected chi connectivity index (χ3v) is 12.5. The van der Waals surface area contributed by atoms with Gasteiger partial charge in [-0.15, -0.1) is 0 Å². The molecule has 0 aromatic carbocycles. The van der Waals surface area contributed by atoms with Crippen molar-refractivity contribution in [2.75, 3.05) is 13.2 Å². The molecule has 0 aliphatic heterocycles. The number of carbonyl (C=O) groups is 3. The highest BCUT2D eigenvalue weighted by Crippen LogP contribution is 2.16. The van der Waals surface area contributed by atoms with E-state index < -0.39 is 6.10 Å². The van der Waals surface area contributed by atoms with Gasteiger partial charge in [0.2, 0.25) is 0 Å². The fraction of sp³-hybridized carbons (Fsp3) is 0.758. The monoisotopic (exact) mass is 949 g/mol. The van der Waals surface area contributed by atoms with Gasteiger partial charge in [-0.2, -0.15) is 0 Å². The molecule has 0 amide bonds. The van der Waals surface area contributed by atoms with Crippen LogP contribution in [0.2, 0.25) is 0 Å². The first kappa shape index (κ1) is 64.8. The Morgan fingerprint density at radius 2 is 0.574 bits per heavy atom. The Morgan fingerprint density at radius 3 is 0.897 bits per heavy atom. The zero-order valence-corrected chi connectivity index (χ0v) is 44.9. The van der Waals surface area contributed by atoms with Crippen LogP contribution in [0, 0.1) is 0 Å². The average molecular weight is 950 g/mol. The second-order valence-corrected chi connectivity index (χ2v) is 19.2. The van der Waals surface area contributed by atoms with Crippen LogP contribution in [0.1, 0.15) is 284 Å². The first-order valence-corrected chi connectivity index (χ1v) is 28.9. The van der Waals surface area contributed by atoms with E-state index in [4.69, 9.17) is 14.2 Å². The molecular formula is C62H108O6. The molecule has 0 bridgehead atoms. The van der Waals surface area contributed by atoms with Gasteiger partial charge in [-0.05, 0) is 57.8 Å². The largest absolute Gasteiger partial charge is 0.462 e. The molecule has 6 heteroatoms. The summed E-state index contributed by atoms with van der Waals surface area (Å²) in [6, 6.07) is 0. The van der Waals surface area contributed by atoms with Crippen LogP contribution in [-0.2, 0) is 28.6 Å². The summed E-state index contributed by atoms with van der Waals surface area (Å²) in [6.45, 7) is 6.49. The fourth-order valence-electron chi connectivity index (χ4n) is 8.18. The van der Waals surface area contributed by atoms with E-state index in [9.17, 15) is 14.4 Å². The summed E-state index contributed by atoms with van der Waals surface area (Å²) in [5.41, 5.74) is 0. The van der Waals surface area contributed by atoms with Gasteiger partial charge >= 0.3 is 17.9 Å². The Labute approximate surface area is 421 Å². The second-order valence-electron chi connectivity index (χ2n) is 19.2. The minimum atomic E-state index is -0.802. The van der Waals surface area contributed by atoms with Gasteiger partial charge in [-0.3, -0.25) is 14.4 Å².